The van der Waals surface area contributed by atoms with Gasteiger partial charge in [-0.3, -0.25) is 4.79 Å². The van der Waals surface area contributed by atoms with Crippen LogP contribution in [0.4, 0.5) is 5.69 Å². The molecule has 1 rings (SSSR count). The second kappa shape index (κ2) is 4.81. The van der Waals surface area contributed by atoms with Crippen molar-refractivity contribution in [2.75, 3.05) is 18.5 Å². The lowest BCUT2D eigenvalue weighted by molar-refractivity contribution is -0.121. The van der Waals surface area contributed by atoms with E-state index in [-0.39, 0.29) is 11.8 Å². The number of nitrogens with one attached hydrogen (secondary N) is 1. The molecule has 4 heteroatoms. The van der Waals surface area contributed by atoms with Crippen LogP contribution in [-0.2, 0) is 4.79 Å². The number of aromatic nitrogens is 1. The van der Waals surface area contributed by atoms with Gasteiger partial charge in [-0.25, -0.2) is 0 Å². The summed E-state index contributed by atoms with van der Waals surface area (Å²) in [6.45, 7) is 2.38. The van der Waals surface area contributed by atoms with E-state index in [0.717, 1.165) is 12.1 Å². The molecule has 14 heavy (non-hydrogen) atoms. The second-order valence-corrected chi connectivity index (χ2v) is 3.31. The summed E-state index contributed by atoms with van der Waals surface area (Å²) < 4.78 is 0. The smallest absolute Gasteiger partial charge is 0.231 e. The minimum absolute atomic E-state index is 0.0742. The standard InChI is InChI=1S/C10H17N3O/c1-3-8(6-11)10(14)13(2)9-4-5-12-7-9/h4-5,7-8,12H,3,6,11H2,1-2H3. The summed E-state index contributed by atoms with van der Waals surface area (Å²) in [5, 5.41) is 0. The zero-order chi connectivity index (χ0) is 10.6. The van der Waals surface area contributed by atoms with Crippen LogP contribution in [0.25, 0.3) is 0 Å². The number of rotatable bonds is 4. The van der Waals surface area contributed by atoms with E-state index in [2.05, 4.69) is 4.98 Å². The first kappa shape index (κ1) is 10.8. The number of aromatic amines is 1. The summed E-state index contributed by atoms with van der Waals surface area (Å²) in [5.41, 5.74) is 6.40. The van der Waals surface area contributed by atoms with Crippen molar-refractivity contribution in [2.24, 2.45) is 11.7 Å². The number of hydrogen-bond acceptors (Lipinski definition) is 2. The zero-order valence-corrected chi connectivity index (χ0v) is 8.66. The molecule has 1 atom stereocenters. The highest BCUT2D eigenvalue weighted by Crippen LogP contribution is 2.14. The van der Waals surface area contributed by atoms with Crippen LogP contribution in [0.2, 0.25) is 0 Å². The van der Waals surface area contributed by atoms with Gasteiger partial charge in [-0.15, -0.1) is 0 Å². The van der Waals surface area contributed by atoms with Gasteiger partial charge in [-0.2, -0.15) is 0 Å². The molecule has 1 heterocycles. The van der Waals surface area contributed by atoms with Crippen LogP contribution >= 0.6 is 0 Å². The Kier molecular flexibility index (Phi) is 3.71. The molecule has 1 unspecified atom stereocenters. The van der Waals surface area contributed by atoms with Gasteiger partial charge in [0.1, 0.15) is 0 Å². The van der Waals surface area contributed by atoms with Crippen molar-refractivity contribution in [1.29, 1.82) is 0 Å². The molecular formula is C10H17N3O. The van der Waals surface area contributed by atoms with Gasteiger partial charge < -0.3 is 15.6 Å². The van der Waals surface area contributed by atoms with Crippen LogP contribution in [0.1, 0.15) is 13.3 Å². The normalized spacial score (nSPS) is 12.5. The Morgan fingerprint density at radius 1 is 1.71 bits per heavy atom. The first-order valence-corrected chi connectivity index (χ1v) is 4.81. The Labute approximate surface area is 84.1 Å². The molecule has 4 nitrogen and oxygen atoms in total. The average molecular weight is 195 g/mol. The van der Waals surface area contributed by atoms with Gasteiger partial charge in [0.25, 0.3) is 0 Å². The van der Waals surface area contributed by atoms with Gasteiger partial charge in [-0.1, -0.05) is 6.92 Å². The van der Waals surface area contributed by atoms with Crippen molar-refractivity contribution >= 4 is 11.6 Å². The fourth-order valence-corrected chi connectivity index (χ4v) is 1.37. The zero-order valence-electron chi connectivity index (χ0n) is 8.66. The van der Waals surface area contributed by atoms with Crippen molar-refractivity contribution in [3.05, 3.63) is 18.5 Å². The third-order valence-corrected chi connectivity index (χ3v) is 2.43. The molecule has 0 aromatic carbocycles. The van der Waals surface area contributed by atoms with Crippen LogP contribution < -0.4 is 10.6 Å². The topological polar surface area (TPSA) is 62.1 Å². The molecule has 0 aliphatic carbocycles. The maximum Gasteiger partial charge on any atom is 0.231 e. The molecule has 0 radical (unpaired) electrons. The van der Waals surface area contributed by atoms with Gasteiger partial charge in [0.05, 0.1) is 11.6 Å². The maximum atomic E-state index is 11.8. The third kappa shape index (κ3) is 2.14. The quantitative estimate of drug-likeness (QED) is 0.751. The highest BCUT2D eigenvalue weighted by Gasteiger charge is 2.19. The van der Waals surface area contributed by atoms with Gasteiger partial charge in [-0.05, 0) is 12.5 Å². The van der Waals surface area contributed by atoms with Gasteiger partial charge in [0.2, 0.25) is 5.91 Å². The molecule has 1 amide bonds. The summed E-state index contributed by atoms with van der Waals surface area (Å²) >= 11 is 0. The highest BCUT2D eigenvalue weighted by atomic mass is 16.2. The van der Waals surface area contributed by atoms with Crippen molar-refractivity contribution in [3.8, 4) is 0 Å². The number of nitrogens with zero attached hydrogens (tertiary/aromatic N) is 1. The number of anilines is 1. The van der Waals surface area contributed by atoms with Crippen molar-refractivity contribution in [2.45, 2.75) is 13.3 Å². The molecular weight excluding hydrogens is 178 g/mol. The molecule has 1 aromatic heterocycles. The third-order valence-electron chi connectivity index (χ3n) is 2.43. The predicted molar refractivity (Wildman–Crippen MR) is 57.0 cm³/mol. The van der Waals surface area contributed by atoms with Crippen LogP contribution in [0.3, 0.4) is 0 Å². The van der Waals surface area contributed by atoms with E-state index < -0.39 is 0 Å². The van der Waals surface area contributed by atoms with Crippen LogP contribution in [-0.4, -0.2) is 24.5 Å². The molecule has 3 N–H and O–H groups in total. The highest BCUT2D eigenvalue weighted by molar-refractivity contribution is 5.94. The van der Waals surface area contributed by atoms with Crippen molar-refractivity contribution in [1.82, 2.24) is 4.98 Å². The first-order chi connectivity index (χ1) is 6.70. The minimum atomic E-state index is -0.0742. The van der Waals surface area contributed by atoms with Gasteiger partial charge in [0.15, 0.2) is 0 Å². The van der Waals surface area contributed by atoms with E-state index in [1.807, 2.05) is 13.0 Å². The molecule has 1 aromatic rings. The second-order valence-electron chi connectivity index (χ2n) is 3.31. The largest absolute Gasteiger partial charge is 0.366 e. The Morgan fingerprint density at radius 2 is 2.43 bits per heavy atom. The van der Waals surface area contributed by atoms with Crippen molar-refractivity contribution in [3.63, 3.8) is 0 Å². The molecule has 0 saturated carbocycles. The lowest BCUT2D eigenvalue weighted by Gasteiger charge is -2.20. The van der Waals surface area contributed by atoms with E-state index >= 15 is 0 Å². The Morgan fingerprint density at radius 3 is 2.86 bits per heavy atom. The van der Waals surface area contributed by atoms with Crippen LogP contribution in [0, 0.1) is 5.92 Å². The van der Waals surface area contributed by atoms with E-state index in [9.17, 15) is 4.79 Å². The number of carbonyl (C=O) groups is 1. The fraction of sp³-hybridized carbons (Fsp3) is 0.500. The SMILES string of the molecule is CCC(CN)C(=O)N(C)c1cc[nH]c1. The van der Waals surface area contributed by atoms with E-state index in [0.29, 0.717) is 6.54 Å². The van der Waals surface area contributed by atoms with Crippen LogP contribution in [0.15, 0.2) is 18.5 Å². The average Bonchev–Trinajstić information content (AvgIpc) is 2.71. The number of H-pyrrole nitrogens is 1. The van der Waals surface area contributed by atoms with E-state index in [4.69, 9.17) is 5.73 Å². The number of nitrogens with two attached hydrogens (primary N) is 1. The maximum absolute atomic E-state index is 11.8. The predicted octanol–water partition coefficient (Wildman–Crippen LogP) is 0.962. The fourth-order valence-electron chi connectivity index (χ4n) is 1.37. The molecule has 0 bridgehead atoms. The molecule has 0 saturated heterocycles. The molecule has 78 valence electrons. The Balaban J connectivity index is 2.69. The summed E-state index contributed by atoms with van der Waals surface area (Å²) in [5.74, 6) is 0.00417. The van der Waals surface area contributed by atoms with Gasteiger partial charge >= 0.3 is 0 Å². The Hall–Kier alpha value is -1.29. The summed E-state index contributed by atoms with van der Waals surface area (Å²) in [6.07, 6.45) is 4.37. The molecule has 0 spiro atoms. The first-order valence-electron chi connectivity index (χ1n) is 4.81. The van der Waals surface area contributed by atoms with E-state index in [1.54, 1.807) is 24.3 Å². The van der Waals surface area contributed by atoms with Crippen molar-refractivity contribution < 1.29 is 4.79 Å². The number of hydrogen-bond donors (Lipinski definition) is 2. The summed E-state index contributed by atoms with van der Waals surface area (Å²) in [7, 11) is 1.77. The lowest BCUT2D eigenvalue weighted by atomic mass is 10.1. The summed E-state index contributed by atoms with van der Waals surface area (Å²) in [4.78, 5) is 16.4. The molecule has 0 aliphatic heterocycles. The number of amides is 1. The summed E-state index contributed by atoms with van der Waals surface area (Å²) in [6, 6.07) is 1.86. The Bertz CT molecular complexity index is 278. The monoisotopic (exact) mass is 195 g/mol. The number of carbonyl (C=O) groups excluding carboxylic acids is 1. The van der Waals surface area contributed by atoms with Crippen LogP contribution in [0.5, 0.6) is 0 Å². The lowest BCUT2D eigenvalue weighted by Crippen LogP contribution is -2.36. The van der Waals surface area contributed by atoms with Gasteiger partial charge in [0, 0.05) is 26.0 Å². The molecule has 0 aliphatic rings. The molecule has 0 fully saturated rings. The minimum Gasteiger partial charge on any atom is -0.366 e. The van der Waals surface area contributed by atoms with E-state index in [1.165, 1.54) is 0 Å².